The van der Waals surface area contributed by atoms with E-state index in [-0.39, 0.29) is 11.4 Å². The molecule has 2 N–H and O–H groups in total. The molecule has 134 valence electrons. The molecule has 6 heteroatoms. The molecule has 1 aliphatic rings. The highest BCUT2D eigenvalue weighted by Gasteiger charge is 2.19. The minimum absolute atomic E-state index is 0.0907. The number of aliphatic hydroxyl groups is 1. The number of benzene rings is 2. The Morgan fingerprint density at radius 1 is 1.12 bits per heavy atom. The van der Waals surface area contributed by atoms with Gasteiger partial charge in [0, 0.05) is 6.54 Å². The molecule has 5 nitrogen and oxygen atoms in total. The average molecular weight is 361 g/mol. The fraction of sp³-hybridized carbons (Fsp3) is 0.368. The van der Waals surface area contributed by atoms with Gasteiger partial charge in [-0.05, 0) is 66.6 Å². The van der Waals surface area contributed by atoms with E-state index >= 15 is 0 Å². The zero-order valence-corrected chi connectivity index (χ0v) is 15.1. The molecule has 1 unspecified atom stereocenters. The van der Waals surface area contributed by atoms with Crippen LogP contribution >= 0.6 is 0 Å². The number of ether oxygens (including phenoxy) is 1. The van der Waals surface area contributed by atoms with Crippen LogP contribution in [0.15, 0.2) is 47.4 Å². The van der Waals surface area contributed by atoms with Crippen molar-refractivity contribution in [3.05, 3.63) is 59.2 Å². The fourth-order valence-corrected chi connectivity index (χ4v) is 4.20. The van der Waals surface area contributed by atoms with Gasteiger partial charge in [-0.2, -0.15) is 0 Å². The molecule has 1 atom stereocenters. The van der Waals surface area contributed by atoms with Crippen LogP contribution < -0.4 is 9.46 Å². The molecule has 0 saturated carbocycles. The predicted molar refractivity (Wildman–Crippen MR) is 96.2 cm³/mol. The first-order valence-electron chi connectivity index (χ1n) is 8.43. The van der Waals surface area contributed by atoms with Crippen LogP contribution in [0.1, 0.15) is 35.6 Å². The quantitative estimate of drug-likeness (QED) is 0.829. The Kier molecular flexibility index (Phi) is 5.42. The zero-order chi connectivity index (χ0) is 17.9. The number of fused-ring (bicyclic) bond motifs is 1. The largest absolute Gasteiger partial charge is 0.497 e. The van der Waals surface area contributed by atoms with Crippen molar-refractivity contribution in [2.75, 3.05) is 13.7 Å². The number of aliphatic hydroxyl groups excluding tert-OH is 1. The molecule has 0 aliphatic heterocycles. The summed E-state index contributed by atoms with van der Waals surface area (Å²) in [7, 11) is -2.11. The highest BCUT2D eigenvalue weighted by Crippen LogP contribution is 2.24. The van der Waals surface area contributed by atoms with Crippen LogP contribution in [0.3, 0.4) is 0 Å². The van der Waals surface area contributed by atoms with E-state index in [0.29, 0.717) is 11.3 Å². The second-order valence-corrected chi connectivity index (χ2v) is 8.05. The lowest BCUT2D eigenvalue weighted by Gasteiger charge is -2.17. The number of aryl methyl sites for hydroxylation is 2. The molecule has 1 aliphatic carbocycles. The maximum absolute atomic E-state index is 12.5. The molecule has 0 radical (unpaired) electrons. The number of nitrogens with one attached hydrogen (secondary N) is 1. The van der Waals surface area contributed by atoms with Crippen molar-refractivity contribution in [2.24, 2.45) is 0 Å². The first-order valence-corrected chi connectivity index (χ1v) is 9.91. The van der Waals surface area contributed by atoms with Crippen molar-refractivity contribution in [1.29, 1.82) is 0 Å². The first-order chi connectivity index (χ1) is 12.0. The molecule has 0 saturated heterocycles. The van der Waals surface area contributed by atoms with Crippen molar-refractivity contribution in [2.45, 2.75) is 36.7 Å². The van der Waals surface area contributed by atoms with Crippen LogP contribution in [-0.4, -0.2) is 27.2 Å². The van der Waals surface area contributed by atoms with Gasteiger partial charge in [-0.25, -0.2) is 13.1 Å². The molecular weight excluding hydrogens is 338 g/mol. The zero-order valence-electron chi connectivity index (χ0n) is 14.2. The van der Waals surface area contributed by atoms with E-state index in [2.05, 4.69) is 4.72 Å². The fourth-order valence-electron chi connectivity index (χ4n) is 3.12. The summed E-state index contributed by atoms with van der Waals surface area (Å²) in [5.41, 5.74) is 2.96. The van der Waals surface area contributed by atoms with Crippen molar-refractivity contribution in [3.63, 3.8) is 0 Å². The second kappa shape index (κ2) is 7.56. The van der Waals surface area contributed by atoms with Crippen molar-refractivity contribution < 1.29 is 18.3 Å². The summed E-state index contributed by atoms with van der Waals surface area (Å²) in [6, 6.07) is 12.3. The minimum Gasteiger partial charge on any atom is -0.497 e. The summed E-state index contributed by atoms with van der Waals surface area (Å²) in [4.78, 5) is 0.256. The van der Waals surface area contributed by atoms with E-state index in [4.69, 9.17) is 4.74 Å². The predicted octanol–water partition coefficient (Wildman–Crippen LogP) is 2.59. The van der Waals surface area contributed by atoms with Gasteiger partial charge >= 0.3 is 0 Å². The number of hydrogen-bond acceptors (Lipinski definition) is 4. The van der Waals surface area contributed by atoms with Crippen molar-refractivity contribution >= 4 is 10.0 Å². The van der Waals surface area contributed by atoms with E-state index in [1.807, 2.05) is 6.07 Å². The van der Waals surface area contributed by atoms with Crippen LogP contribution in [-0.2, 0) is 22.9 Å². The van der Waals surface area contributed by atoms with Crippen LogP contribution in [0, 0.1) is 0 Å². The summed E-state index contributed by atoms with van der Waals surface area (Å²) in [5.74, 6) is 0.620. The van der Waals surface area contributed by atoms with Crippen molar-refractivity contribution in [1.82, 2.24) is 4.72 Å². The molecule has 2 aromatic rings. The van der Waals surface area contributed by atoms with Gasteiger partial charge in [0.2, 0.25) is 10.0 Å². The number of rotatable bonds is 6. The highest BCUT2D eigenvalue weighted by atomic mass is 32.2. The minimum atomic E-state index is -3.65. The van der Waals surface area contributed by atoms with Gasteiger partial charge in [0.15, 0.2) is 0 Å². The molecule has 0 heterocycles. The van der Waals surface area contributed by atoms with Gasteiger partial charge in [0.1, 0.15) is 5.75 Å². The molecule has 0 aromatic heterocycles. The second-order valence-electron chi connectivity index (χ2n) is 6.28. The standard InChI is InChI=1S/C19H23NO4S/c1-24-17-8-4-7-16(11-17)19(21)13-20-25(22,23)18-10-9-14-5-2-3-6-15(14)12-18/h4,7-12,19-21H,2-3,5-6,13H2,1H3. The molecule has 2 aromatic carbocycles. The summed E-state index contributed by atoms with van der Waals surface area (Å²) in [5, 5.41) is 10.3. The van der Waals surface area contributed by atoms with Gasteiger partial charge in [0.05, 0.1) is 18.1 Å². The van der Waals surface area contributed by atoms with Gasteiger partial charge < -0.3 is 9.84 Å². The lowest BCUT2D eigenvalue weighted by atomic mass is 9.92. The maximum atomic E-state index is 12.5. The topological polar surface area (TPSA) is 75.6 Å². The van der Waals surface area contributed by atoms with E-state index in [9.17, 15) is 13.5 Å². The Balaban J connectivity index is 1.71. The Bertz CT molecular complexity index is 848. The van der Waals surface area contributed by atoms with Crippen LogP contribution in [0.2, 0.25) is 0 Å². The Hall–Kier alpha value is -1.89. The molecular formula is C19H23NO4S. The molecule has 3 rings (SSSR count). The Labute approximate surface area is 148 Å². The smallest absolute Gasteiger partial charge is 0.240 e. The molecule has 0 spiro atoms. The van der Waals surface area contributed by atoms with Gasteiger partial charge in [0.25, 0.3) is 0 Å². The normalized spacial score (nSPS) is 15.4. The Morgan fingerprint density at radius 3 is 2.64 bits per heavy atom. The Morgan fingerprint density at radius 2 is 1.88 bits per heavy atom. The first kappa shape index (κ1) is 17.9. The SMILES string of the molecule is COc1cccc(C(O)CNS(=O)(=O)c2ccc3c(c2)CCCC3)c1. The molecule has 0 bridgehead atoms. The lowest BCUT2D eigenvalue weighted by Crippen LogP contribution is -2.28. The average Bonchev–Trinajstić information content (AvgIpc) is 2.65. The third-order valence-electron chi connectivity index (χ3n) is 4.58. The van der Waals surface area contributed by atoms with E-state index < -0.39 is 16.1 Å². The third-order valence-corrected chi connectivity index (χ3v) is 6.00. The number of hydrogen-bond donors (Lipinski definition) is 2. The highest BCUT2D eigenvalue weighted by molar-refractivity contribution is 7.89. The third kappa shape index (κ3) is 4.21. The number of methoxy groups -OCH3 is 1. The van der Waals surface area contributed by atoms with Gasteiger partial charge in [-0.1, -0.05) is 18.2 Å². The number of sulfonamides is 1. The van der Waals surface area contributed by atoms with Gasteiger partial charge in [-0.3, -0.25) is 0 Å². The van der Waals surface area contributed by atoms with E-state index in [1.54, 1.807) is 43.5 Å². The van der Waals surface area contributed by atoms with Crippen LogP contribution in [0.5, 0.6) is 5.75 Å². The lowest BCUT2D eigenvalue weighted by molar-refractivity contribution is 0.181. The van der Waals surface area contributed by atoms with Crippen molar-refractivity contribution in [3.8, 4) is 5.75 Å². The van der Waals surface area contributed by atoms with Crippen LogP contribution in [0.25, 0.3) is 0 Å². The molecule has 0 fully saturated rings. The maximum Gasteiger partial charge on any atom is 0.240 e. The van der Waals surface area contributed by atoms with Crippen LogP contribution in [0.4, 0.5) is 0 Å². The van der Waals surface area contributed by atoms with E-state index in [1.165, 1.54) is 5.56 Å². The summed E-state index contributed by atoms with van der Waals surface area (Å²) in [6.45, 7) is -0.0907. The summed E-state index contributed by atoms with van der Waals surface area (Å²) < 4.78 is 32.7. The molecule has 0 amide bonds. The monoisotopic (exact) mass is 361 g/mol. The molecule has 25 heavy (non-hydrogen) atoms. The van der Waals surface area contributed by atoms with E-state index in [0.717, 1.165) is 31.2 Å². The summed E-state index contributed by atoms with van der Waals surface area (Å²) in [6.07, 6.45) is 3.24. The van der Waals surface area contributed by atoms with Gasteiger partial charge in [-0.15, -0.1) is 0 Å². The summed E-state index contributed by atoms with van der Waals surface area (Å²) >= 11 is 0.